The Bertz CT molecular complexity index is 395. The first-order valence-electron chi connectivity index (χ1n) is 5.73. The minimum absolute atomic E-state index is 0.430. The first kappa shape index (κ1) is 12.9. The third-order valence-electron chi connectivity index (χ3n) is 3.28. The van der Waals surface area contributed by atoms with Gasteiger partial charge in [0.25, 0.3) is 0 Å². The molecule has 1 aromatic rings. The topological polar surface area (TPSA) is 19.4 Å². The normalized spacial score (nSPS) is 20.3. The Hall–Kier alpha value is -0.510. The van der Waals surface area contributed by atoms with E-state index < -0.39 is 0 Å². The number of alkyl halides is 1. The van der Waals surface area contributed by atoms with Gasteiger partial charge in [-0.25, -0.2) is 4.98 Å². The average molecular weight is 274 g/mol. The van der Waals surface area contributed by atoms with Crippen LogP contribution in [0.15, 0.2) is 12.3 Å². The third kappa shape index (κ3) is 2.84. The predicted molar refractivity (Wildman–Crippen MR) is 73.1 cm³/mol. The number of aromatic nitrogens is 1. The summed E-state index contributed by atoms with van der Waals surface area (Å²) in [5.41, 5.74) is 0.951. The molecule has 2 rings (SSSR count). The Labute approximate surface area is 112 Å². The monoisotopic (exact) mass is 273 g/mol. The first-order valence-corrected chi connectivity index (χ1v) is 6.65. The zero-order chi connectivity index (χ0) is 12.4. The largest absolute Gasteiger partial charge is 0.355 e. The van der Waals surface area contributed by atoms with Gasteiger partial charge in [0.1, 0.15) is 5.82 Å². The van der Waals surface area contributed by atoms with E-state index in [9.17, 15) is 0 Å². The fraction of sp³-hybridized carbons (Fsp3) is 0.583. The van der Waals surface area contributed by atoms with E-state index in [2.05, 4.69) is 28.9 Å². The molecule has 0 saturated carbocycles. The summed E-state index contributed by atoms with van der Waals surface area (Å²) in [6.45, 7) is 2.06. The molecule has 5 heteroatoms. The van der Waals surface area contributed by atoms with Gasteiger partial charge < -0.3 is 9.80 Å². The van der Waals surface area contributed by atoms with Crippen LogP contribution in [0.4, 0.5) is 5.82 Å². The smallest absolute Gasteiger partial charge is 0.128 e. The van der Waals surface area contributed by atoms with Crippen LogP contribution >= 0.6 is 23.2 Å². The molecule has 1 atom stereocenters. The molecule has 1 unspecified atom stereocenters. The molecule has 17 heavy (non-hydrogen) atoms. The number of anilines is 1. The molecule has 0 radical (unpaired) electrons. The van der Waals surface area contributed by atoms with E-state index in [1.54, 1.807) is 6.20 Å². The summed E-state index contributed by atoms with van der Waals surface area (Å²) in [4.78, 5) is 8.93. The van der Waals surface area contributed by atoms with Gasteiger partial charge in [-0.15, -0.1) is 11.6 Å². The summed E-state index contributed by atoms with van der Waals surface area (Å²) in [6, 6.07) is 2.60. The van der Waals surface area contributed by atoms with Crippen LogP contribution in [0.3, 0.4) is 0 Å². The van der Waals surface area contributed by atoms with Crippen molar-refractivity contribution in [3.05, 3.63) is 22.8 Å². The Balaban J connectivity index is 2.13. The summed E-state index contributed by atoms with van der Waals surface area (Å²) in [7, 11) is 4.24. The van der Waals surface area contributed by atoms with Crippen LogP contribution in [0.5, 0.6) is 0 Å². The average Bonchev–Trinajstić information content (AvgIpc) is 2.79. The first-order chi connectivity index (χ1) is 8.11. The van der Waals surface area contributed by atoms with Gasteiger partial charge in [0.15, 0.2) is 0 Å². The van der Waals surface area contributed by atoms with Crippen molar-refractivity contribution in [3.8, 4) is 0 Å². The molecule has 94 valence electrons. The van der Waals surface area contributed by atoms with Crippen molar-refractivity contribution in [1.82, 2.24) is 9.88 Å². The van der Waals surface area contributed by atoms with Gasteiger partial charge in [-0.1, -0.05) is 11.6 Å². The fourth-order valence-corrected chi connectivity index (χ4v) is 2.57. The van der Waals surface area contributed by atoms with E-state index in [4.69, 9.17) is 23.2 Å². The van der Waals surface area contributed by atoms with Crippen LogP contribution in [-0.4, -0.2) is 43.1 Å². The number of pyridine rings is 1. The van der Waals surface area contributed by atoms with Crippen molar-refractivity contribution >= 4 is 29.0 Å². The van der Waals surface area contributed by atoms with Crippen LogP contribution in [0.25, 0.3) is 0 Å². The highest BCUT2D eigenvalue weighted by molar-refractivity contribution is 6.32. The summed E-state index contributed by atoms with van der Waals surface area (Å²) in [6.07, 6.45) is 2.87. The molecule has 0 aromatic carbocycles. The zero-order valence-corrected chi connectivity index (χ0v) is 11.7. The fourth-order valence-electron chi connectivity index (χ4n) is 2.11. The van der Waals surface area contributed by atoms with Crippen molar-refractivity contribution < 1.29 is 0 Å². The lowest BCUT2D eigenvalue weighted by atomic mass is 10.2. The van der Waals surface area contributed by atoms with Gasteiger partial charge in [-0.2, -0.15) is 0 Å². The highest BCUT2D eigenvalue weighted by atomic mass is 35.5. The highest BCUT2D eigenvalue weighted by Crippen LogP contribution is 2.25. The van der Waals surface area contributed by atoms with Crippen molar-refractivity contribution in [1.29, 1.82) is 0 Å². The van der Waals surface area contributed by atoms with Gasteiger partial charge in [-0.3, -0.25) is 0 Å². The lowest BCUT2D eigenvalue weighted by Gasteiger charge is -2.21. The van der Waals surface area contributed by atoms with E-state index in [1.807, 2.05) is 6.07 Å². The molecule has 0 spiro atoms. The third-order valence-corrected chi connectivity index (χ3v) is 3.91. The molecule has 1 aliphatic heterocycles. The maximum Gasteiger partial charge on any atom is 0.128 e. The lowest BCUT2D eigenvalue weighted by molar-refractivity contribution is 0.315. The van der Waals surface area contributed by atoms with Crippen molar-refractivity contribution in [2.45, 2.75) is 18.3 Å². The van der Waals surface area contributed by atoms with Crippen molar-refractivity contribution in [3.63, 3.8) is 0 Å². The van der Waals surface area contributed by atoms with Gasteiger partial charge in [0.05, 0.1) is 5.02 Å². The van der Waals surface area contributed by atoms with Crippen LogP contribution in [0.2, 0.25) is 5.02 Å². The zero-order valence-electron chi connectivity index (χ0n) is 10.2. The molecule has 1 saturated heterocycles. The highest BCUT2D eigenvalue weighted by Gasteiger charge is 2.25. The molecule has 1 fully saturated rings. The van der Waals surface area contributed by atoms with Gasteiger partial charge in [0.2, 0.25) is 0 Å². The Morgan fingerprint density at radius 3 is 2.88 bits per heavy atom. The van der Waals surface area contributed by atoms with Crippen molar-refractivity contribution in [2.75, 3.05) is 32.1 Å². The standard InChI is InChI=1S/C12H17Cl2N3/c1-16(2)10-3-4-17(8-10)12-5-9(6-13)11(14)7-15-12/h5,7,10H,3-4,6,8H2,1-2H3. The number of halogens is 2. The molecule has 0 amide bonds. The minimum atomic E-state index is 0.430. The van der Waals surface area contributed by atoms with Crippen LogP contribution in [0, 0.1) is 0 Å². The number of hydrogen-bond donors (Lipinski definition) is 0. The van der Waals surface area contributed by atoms with Crippen LogP contribution < -0.4 is 4.90 Å². The number of nitrogens with zero attached hydrogens (tertiary/aromatic N) is 3. The number of rotatable bonds is 3. The molecular formula is C12H17Cl2N3. The molecular weight excluding hydrogens is 257 g/mol. The second-order valence-electron chi connectivity index (χ2n) is 4.62. The summed E-state index contributed by atoms with van der Waals surface area (Å²) in [5.74, 6) is 1.41. The molecule has 1 aromatic heterocycles. The van der Waals surface area contributed by atoms with Gasteiger partial charge in [0, 0.05) is 31.2 Å². The van der Waals surface area contributed by atoms with Gasteiger partial charge >= 0.3 is 0 Å². The van der Waals surface area contributed by atoms with E-state index in [-0.39, 0.29) is 0 Å². The van der Waals surface area contributed by atoms with Crippen molar-refractivity contribution in [2.24, 2.45) is 0 Å². The second-order valence-corrected chi connectivity index (χ2v) is 5.29. The summed E-state index contributed by atoms with van der Waals surface area (Å²) in [5, 5.41) is 0.645. The van der Waals surface area contributed by atoms with Crippen LogP contribution in [0.1, 0.15) is 12.0 Å². The summed E-state index contributed by atoms with van der Waals surface area (Å²) < 4.78 is 0. The predicted octanol–water partition coefficient (Wildman–Crippen LogP) is 2.61. The molecule has 2 heterocycles. The van der Waals surface area contributed by atoms with E-state index in [0.717, 1.165) is 24.5 Å². The maximum absolute atomic E-state index is 6.01. The van der Waals surface area contributed by atoms with E-state index in [0.29, 0.717) is 16.9 Å². The maximum atomic E-state index is 6.01. The summed E-state index contributed by atoms with van der Waals surface area (Å²) >= 11 is 11.9. The Morgan fingerprint density at radius 2 is 2.29 bits per heavy atom. The Morgan fingerprint density at radius 1 is 1.53 bits per heavy atom. The molecule has 0 bridgehead atoms. The number of likely N-dealkylation sites (N-methyl/N-ethyl adjacent to an activating group) is 1. The molecule has 1 aliphatic rings. The van der Waals surface area contributed by atoms with E-state index >= 15 is 0 Å². The quantitative estimate of drug-likeness (QED) is 0.790. The molecule has 0 N–H and O–H groups in total. The lowest BCUT2D eigenvalue weighted by Crippen LogP contribution is -2.31. The second kappa shape index (κ2) is 5.42. The van der Waals surface area contributed by atoms with Gasteiger partial charge in [-0.05, 0) is 32.1 Å². The number of hydrogen-bond acceptors (Lipinski definition) is 3. The SMILES string of the molecule is CN(C)C1CCN(c2cc(CCl)c(Cl)cn2)C1. The Kier molecular flexibility index (Phi) is 4.13. The van der Waals surface area contributed by atoms with E-state index in [1.165, 1.54) is 6.42 Å². The molecule has 0 aliphatic carbocycles. The minimum Gasteiger partial charge on any atom is -0.355 e. The van der Waals surface area contributed by atoms with Crippen LogP contribution in [-0.2, 0) is 5.88 Å². The molecule has 3 nitrogen and oxygen atoms in total.